The van der Waals surface area contributed by atoms with E-state index in [9.17, 15) is 9.59 Å². The third kappa shape index (κ3) is 11.6. The number of ether oxygens (including phenoxy) is 2. The van der Waals surface area contributed by atoms with Crippen molar-refractivity contribution in [2.45, 2.75) is 91.3 Å². The molecule has 0 aliphatic carbocycles. The van der Waals surface area contributed by atoms with Crippen molar-refractivity contribution >= 4 is 20.5 Å². The van der Waals surface area contributed by atoms with E-state index in [4.69, 9.17) is 13.9 Å². The fourth-order valence-electron chi connectivity index (χ4n) is 2.73. The summed E-state index contributed by atoms with van der Waals surface area (Å²) >= 11 is 0. The number of benzene rings is 1. The normalized spacial score (nSPS) is 13.2. The average Bonchev–Trinajstić information content (AvgIpc) is 2.67. The molecular formula is C25H44N2O5Si. The van der Waals surface area contributed by atoms with E-state index in [2.05, 4.69) is 39.2 Å². The number of hydrogen-bond acceptors (Lipinski definition) is 5. The number of alkyl carbamates (subject to hydrolysis) is 1. The van der Waals surface area contributed by atoms with E-state index >= 15 is 0 Å². The first kappa shape index (κ1) is 29.0. The first-order chi connectivity index (χ1) is 15.1. The molecule has 7 nitrogen and oxygen atoms in total. The Morgan fingerprint density at radius 3 is 2.21 bits per heavy atom. The van der Waals surface area contributed by atoms with E-state index in [1.54, 1.807) is 4.90 Å². The summed E-state index contributed by atoms with van der Waals surface area (Å²) in [5.74, 6) is 0. The first-order valence-electron chi connectivity index (χ1n) is 11.7. The molecule has 2 amide bonds. The number of nitrogens with zero attached hydrogens (tertiary/aromatic N) is 1. The van der Waals surface area contributed by atoms with Crippen LogP contribution >= 0.6 is 0 Å². The molecule has 1 atom stereocenters. The van der Waals surface area contributed by atoms with Crippen LogP contribution in [0.1, 0.15) is 60.5 Å². The van der Waals surface area contributed by atoms with Gasteiger partial charge in [-0.2, -0.15) is 0 Å². The molecule has 188 valence electrons. The van der Waals surface area contributed by atoms with Crippen LogP contribution in [0, 0.1) is 0 Å². The largest absolute Gasteiger partial charge is 0.445 e. The Labute approximate surface area is 201 Å². The maximum Gasteiger partial charge on any atom is 0.410 e. The second kappa shape index (κ2) is 12.4. The summed E-state index contributed by atoms with van der Waals surface area (Å²) in [4.78, 5) is 26.6. The average molecular weight is 481 g/mol. The molecule has 33 heavy (non-hydrogen) atoms. The lowest BCUT2D eigenvalue weighted by Crippen LogP contribution is -2.47. The van der Waals surface area contributed by atoms with Gasteiger partial charge >= 0.3 is 12.2 Å². The van der Waals surface area contributed by atoms with Gasteiger partial charge in [-0.1, -0.05) is 51.1 Å². The molecule has 8 heteroatoms. The molecule has 0 heterocycles. The third-order valence-electron chi connectivity index (χ3n) is 5.56. The van der Waals surface area contributed by atoms with Crippen LogP contribution in [0.2, 0.25) is 18.1 Å². The second-order valence-corrected chi connectivity index (χ2v) is 15.8. The summed E-state index contributed by atoms with van der Waals surface area (Å²) < 4.78 is 17.1. The Balaban J connectivity index is 2.62. The van der Waals surface area contributed by atoms with Crippen LogP contribution in [0.25, 0.3) is 0 Å². The van der Waals surface area contributed by atoms with Crippen molar-refractivity contribution in [3.05, 3.63) is 35.9 Å². The van der Waals surface area contributed by atoms with Crippen LogP contribution in [0.3, 0.4) is 0 Å². The molecule has 1 aromatic rings. The molecule has 0 bridgehead atoms. The lowest BCUT2D eigenvalue weighted by molar-refractivity contribution is 0.0223. The van der Waals surface area contributed by atoms with Gasteiger partial charge in [-0.05, 0) is 57.8 Å². The van der Waals surface area contributed by atoms with Crippen LogP contribution in [0.4, 0.5) is 9.59 Å². The standard InChI is InChI=1S/C25H44N2O5Si/c1-20(26-22(28)30-19-21-14-11-10-12-15-21)18-27(23(29)32-24(2,3)4)16-13-17-31-33(8,9)25(5,6)7/h10-12,14-15,20H,13,16-19H2,1-9H3,(H,26,28)/t20-/m0/s1. The molecular weight excluding hydrogens is 436 g/mol. The van der Waals surface area contributed by atoms with Gasteiger partial charge in [0, 0.05) is 25.7 Å². The van der Waals surface area contributed by atoms with Crippen LogP contribution < -0.4 is 5.32 Å². The Morgan fingerprint density at radius 1 is 1.06 bits per heavy atom. The Morgan fingerprint density at radius 2 is 1.67 bits per heavy atom. The zero-order chi connectivity index (χ0) is 25.3. The van der Waals surface area contributed by atoms with E-state index < -0.39 is 26.1 Å². The van der Waals surface area contributed by atoms with Crippen LogP contribution in [-0.2, 0) is 20.5 Å². The highest BCUT2D eigenvalue weighted by Crippen LogP contribution is 2.36. The number of carbonyl (C=O) groups is 2. The van der Waals surface area contributed by atoms with Crippen molar-refractivity contribution in [1.82, 2.24) is 10.2 Å². The fraction of sp³-hybridized carbons (Fsp3) is 0.680. The first-order valence-corrected chi connectivity index (χ1v) is 14.6. The molecule has 0 aliphatic heterocycles. The van der Waals surface area contributed by atoms with E-state index in [0.29, 0.717) is 26.1 Å². The number of carbonyl (C=O) groups excluding carboxylic acids is 2. The summed E-state index contributed by atoms with van der Waals surface area (Å²) in [5, 5.41) is 2.93. The van der Waals surface area contributed by atoms with E-state index in [-0.39, 0.29) is 17.7 Å². The highest BCUT2D eigenvalue weighted by Gasteiger charge is 2.37. The zero-order valence-corrected chi connectivity index (χ0v) is 23.0. The summed E-state index contributed by atoms with van der Waals surface area (Å²) in [6, 6.07) is 9.19. The molecule has 0 fully saturated rings. The van der Waals surface area contributed by atoms with Gasteiger partial charge in [-0.15, -0.1) is 0 Å². The van der Waals surface area contributed by atoms with Gasteiger partial charge in [-0.3, -0.25) is 0 Å². The summed E-state index contributed by atoms with van der Waals surface area (Å²) in [5.41, 5.74) is 0.315. The molecule has 0 spiro atoms. The molecule has 0 aromatic heterocycles. The molecule has 0 saturated carbocycles. The fourth-order valence-corrected chi connectivity index (χ4v) is 3.81. The lowest BCUT2D eigenvalue weighted by Gasteiger charge is -2.36. The van der Waals surface area contributed by atoms with Crippen molar-refractivity contribution in [3.63, 3.8) is 0 Å². The molecule has 1 rings (SSSR count). The van der Waals surface area contributed by atoms with Crippen molar-refractivity contribution in [2.75, 3.05) is 19.7 Å². The molecule has 0 radical (unpaired) electrons. The molecule has 0 saturated heterocycles. The molecule has 0 unspecified atom stereocenters. The summed E-state index contributed by atoms with van der Waals surface area (Å²) in [6.45, 7) is 20.0. The van der Waals surface area contributed by atoms with Crippen molar-refractivity contribution in [1.29, 1.82) is 0 Å². The number of rotatable bonds is 10. The smallest absolute Gasteiger partial charge is 0.410 e. The lowest BCUT2D eigenvalue weighted by atomic mass is 10.2. The second-order valence-electron chi connectivity index (χ2n) is 11.0. The van der Waals surface area contributed by atoms with Crippen LogP contribution in [-0.4, -0.2) is 56.7 Å². The minimum absolute atomic E-state index is 0.135. The van der Waals surface area contributed by atoms with Crippen molar-refractivity contribution in [2.24, 2.45) is 0 Å². The van der Waals surface area contributed by atoms with Crippen molar-refractivity contribution in [3.8, 4) is 0 Å². The van der Waals surface area contributed by atoms with E-state index in [0.717, 1.165) is 5.56 Å². The van der Waals surface area contributed by atoms with Gasteiger partial charge in [0.05, 0.1) is 0 Å². The monoisotopic (exact) mass is 480 g/mol. The van der Waals surface area contributed by atoms with E-state index in [1.165, 1.54) is 0 Å². The quantitative estimate of drug-likeness (QED) is 0.331. The van der Waals surface area contributed by atoms with Gasteiger partial charge in [-0.25, -0.2) is 9.59 Å². The third-order valence-corrected chi connectivity index (χ3v) is 10.1. The van der Waals surface area contributed by atoms with Gasteiger partial charge < -0.3 is 24.1 Å². The summed E-state index contributed by atoms with van der Waals surface area (Å²) in [7, 11) is -1.84. The molecule has 1 N–H and O–H groups in total. The topological polar surface area (TPSA) is 77.1 Å². The minimum atomic E-state index is -1.84. The minimum Gasteiger partial charge on any atom is -0.445 e. The maximum atomic E-state index is 12.8. The van der Waals surface area contributed by atoms with Gasteiger partial charge in [0.25, 0.3) is 0 Å². The van der Waals surface area contributed by atoms with Crippen LogP contribution in [0.15, 0.2) is 30.3 Å². The van der Waals surface area contributed by atoms with Gasteiger partial charge in [0.15, 0.2) is 8.32 Å². The Bertz CT molecular complexity index is 741. The maximum absolute atomic E-state index is 12.8. The number of hydrogen-bond donors (Lipinski definition) is 1. The van der Waals surface area contributed by atoms with Crippen LogP contribution in [0.5, 0.6) is 0 Å². The Kier molecular flexibility index (Phi) is 10.9. The predicted molar refractivity (Wildman–Crippen MR) is 135 cm³/mol. The molecule has 1 aromatic carbocycles. The van der Waals surface area contributed by atoms with Gasteiger partial charge in [0.1, 0.15) is 12.2 Å². The highest BCUT2D eigenvalue weighted by atomic mass is 28.4. The highest BCUT2D eigenvalue weighted by molar-refractivity contribution is 6.74. The number of amides is 2. The van der Waals surface area contributed by atoms with Gasteiger partial charge in [0.2, 0.25) is 0 Å². The molecule has 0 aliphatic rings. The number of nitrogens with one attached hydrogen (secondary N) is 1. The SMILES string of the molecule is C[C@@H](CN(CCCO[Si](C)(C)C(C)(C)C)C(=O)OC(C)(C)C)NC(=O)OCc1ccccc1. The van der Waals surface area contributed by atoms with E-state index in [1.807, 2.05) is 58.0 Å². The Hall–Kier alpha value is -2.06. The van der Waals surface area contributed by atoms with Crippen molar-refractivity contribution < 1.29 is 23.5 Å². The predicted octanol–water partition coefficient (Wildman–Crippen LogP) is 5.95. The zero-order valence-electron chi connectivity index (χ0n) is 22.0. The summed E-state index contributed by atoms with van der Waals surface area (Å²) in [6.07, 6.45) is -0.227.